The molecule has 6 heteroatoms. The molecule has 0 radical (unpaired) electrons. The minimum absolute atomic E-state index is 0.115. The third-order valence-corrected chi connectivity index (χ3v) is 6.27. The molecule has 1 fully saturated rings. The third-order valence-electron chi connectivity index (χ3n) is 6.27. The fourth-order valence-corrected chi connectivity index (χ4v) is 4.71. The van der Waals surface area contributed by atoms with Crippen LogP contribution in [0.25, 0.3) is 11.1 Å². The van der Waals surface area contributed by atoms with Crippen molar-refractivity contribution in [2.75, 3.05) is 6.61 Å². The van der Waals surface area contributed by atoms with E-state index in [4.69, 9.17) is 4.74 Å². The van der Waals surface area contributed by atoms with E-state index in [1.165, 1.54) is 11.1 Å². The van der Waals surface area contributed by atoms with Crippen molar-refractivity contribution in [1.29, 1.82) is 0 Å². The van der Waals surface area contributed by atoms with Gasteiger partial charge < -0.3 is 10.1 Å². The molecule has 6 nitrogen and oxygen atoms in total. The Morgan fingerprint density at radius 2 is 1.62 bits per heavy atom. The number of benzene rings is 3. The van der Waals surface area contributed by atoms with Crippen LogP contribution in [0.3, 0.4) is 0 Å². The van der Waals surface area contributed by atoms with Gasteiger partial charge in [0.25, 0.3) is 5.91 Å². The fourth-order valence-electron chi connectivity index (χ4n) is 4.71. The summed E-state index contributed by atoms with van der Waals surface area (Å²) in [7, 11) is 0. The largest absolute Gasteiger partial charge is 0.483 e. The van der Waals surface area contributed by atoms with Gasteiger partial charge in [0.1, 0.15) is 5.75 Å². The monoisotopic (exact) mass is 427 g/mol. The molecule has 3 N–H and O–H groups in total. The predicted octanol–water partition coefficient (Wildman–Crippen LogP) is 3.79. The van der Waals surface area contributed by atoms with Crippen molar-refractivity contribution in [2.24, 2.45) is 5.92 Å². The summed E-state index contributed by atoms with van der Waals surface area (Å²) in [5, 5.41) is 2.99. The number of ether oxygens (including phenoxy) is 1. The summed E-state index contributed by atoms with van der Waals surface area (Å²) in [4.78, 5) is 24.5. The van der Waals surface area contributed by atoms with Gasteiger partial charge >= 0.3 is 6.03 Å². The molecular formula is C26H25N3O3. The van der Waals surface area contributed by atoms with E-state index >= 15 is 0 Å². The third kappa shape index (κ3) is 4.17. The zero-order valence-corrected chi connectivity index (χ0v) is 17.6. The first-order valence-electron chi connectivity index (χ1n) is 10.9. The molecule has 0 spiro atoms. The Labute approximate surface area is 187 Å². The average Bonchev–Trinajstić information content (AvgIpc) is 3.55. The Morgan fingerprint density at radius 1 is 0.875 bits per heavy atom. The quantitative estimate of drug-likeness (QED) is 0.542. The van der Waals surface area contributed by atoms with Crippen LogP contribution in [-0.4, -0.2) is 24.6 Å². The summed E-state index contributed by atoms with van der Waals surface area (Å²) in [5.74, 6) is 1.03. The van der Waals surface area contributed by atoms with Gasteiger partial charge in [0, 0.05) is 17.5 Å². The number of para-hydroxylation sites is 1. The number of fused-ring (bicyclic) bond motifs is 3. The molecule has 32 heavy (non-hydrogen) atoms. The number of rotatable bonds is 5. The molecular weight excluding hydrogens is 402 g/mol. The van der Waals surface area contributed by atoms with Gasteiger partial charge in [-0.1, -0.05) is 72.8 Å². The Bertz CT molecular complexity index is 1130. The van der Waals surface area contributed by atoms with Crippen molar-refractivity contribution in [3.8, 4) is 16.9 Å². The van der Waals surface area contributed by atoms with E-state index in [9.17, 15) is 9.59 Å². The number of amides is 3. The van der Waals surface area contributed by atoms with Gasteiger partial charge in [-0.2, -0.15) is 0 Å². The van der Waals surface area contributed by atoms with Crippen molar-refractivity contribution in [2.45, 2.75) is 24.8 Å². The number of aryl methyl sites for hydroxylation is 1. The van der Waals surface area contributed by atoms with Gasteiger partial charge in [0.15, 0.2) is 6.61 Å². The number of hydrazine groups is 1. The zero-order valence-electron chi connectivity index (χ0n) is 17.6. The van der Waals surface area contributed by atoms with Crippen LogP contribution < -0.4 is 20.9 Å². The van der Waals surface area contributed by atoms with Crippen LogP contribution in [0.15, 0.2) is 78.9 Å². The first kappa shape index (κ1) is 20.1. The summed E-state index contributed by atoms with van der Waals surface area (Å²) in [6.45, 7) is -0.202. The summed E-state index contributed by atoms with van der Waals surface area (Å²) < 4.78 is 5.71. The Kier molecular flexibility index (Phi) is 5.50. The maximum atomic E-state index is 12.3. The second-order valence-electron chi connectivity index (χ2n) is 8.25. The topological polar surface area (TPSA) is 79.5 Å². The van der Waals surface area contributed by atoms with Crippen molar-refractivity contribution in [1.82, 2.24) is 16.2 Å². The van der Waals surface area contributed by atoms with E-state index in [0.717, 1.165) is 24.0 Å². The molecule has 0 bridgehead atoms. The number of urea groups is 1. The summed E-state index contributed by atoms with van der Waals surface area (Å²) >= 11 is 0. The molecule has 162 valence electrons. The molecule has 0 aromatic heterocycles. The molecule has 3 aromatic rings. The molecule has 3 amide bonds. The van der Waals surface area contributed by atoms with E-state index in [1.807, 2.05) is 60.7 Å². The van der Waals surface area contributed by atoms with Crippen LogP contribution >= 0.6 is 0 Å². The van der Waals surface area contributed by atoms with Crippen LogP contribution in [-0.2, 0) is 11.2 Å². The lowest BCUT2D eigenvalue weighted by Gasteiger charge is -2.13. The van der Waals surface area contributed by atoms with Gasteiger partial charge in [0.05, 0.1) is 0 Å². The van der Waals surface area contributed by atoms with Crippen molar-refractivity contribution in [3.05, 3.63) is 90.0 Å². The average molecular weight is 428 g/mol. The van der Waals surface area contributed by atoms with E-state index in [0.29, 0.717) is 17.6 Å². The van der Waals surface area contributed by atoms with Crippen LogP contribution in [0.4, 0.5) is 4.79 Å². The number of hydrogen-bond donors (Lipinski definition) is 3. The van der Waals surface area contributed by atoms with Crippen LogP contribution in [0.5, 0.6) is 5.75 Å². The SMILES string of the molecule is O=C(COc1ccccc1-c1ccccc1)NNC(=O)NC1C2CCc3ccccc3C21. The highest BCUT2D eigenvalue weighted by Gasteiger charge is 2.53. The van der Waals surface area contributed by atoms with Crippen LogP contribution in [0.1, 0.15) is 23.5 Å². The van der Waals surface area contributed by atoms with Crippen molar-refractivity contribution < 1.29 is 14.3 Å². The van der Waals surface area contributed by atoms with Crippen LogP contribution in [0, 0.1) is 5.92 Å². The minimum atomic E-state index is -0.429. The molecule has 1 saturated carbocycles. The second kappa shape index (κ2) is 8.75. The summed E-state index contributed by atoms with van der Waals surface area (Å²) in [6, 6.07) is 25.5. The summed E-state index contributed by atoms with van der Waals surface area (Å²) in [6.07, 6.45) is 2.13. The highest BCUT2D eigenvalue weighted by molar-refractivity contribution is 5.82. The Hall–Kier alpha value is -3.80. The zero-order chi connectivity index (χ0) is 21.9. The minimum Gasteiger partial charge on any atom is -0.483 e. The molecule has 5 rings (SSSR count). The van der Waals surface area contributed by atoms with Gasteiger partial charge in [-0.25, -0.2) is 10.2 Å². The molecule has 0 saturated heterocycles. The lowest BCUT2D eigenvalue weighted by Crippen LogP contribution is -2.49. The van der Waals surface area contributed by atoms with Gasteiger partial charge in [-0.3, -0.25) is 10.2 Å². The van der Waals surface area contributed by atoms with E-state index in [-0.39, 0.29) is 12.6 Å². The lowest BCUT2D eigenvalue weighted by molar-refractivity contribution is -0.123. The van der Waals surface area contributed by atoms with E-state index in [2.05, 4.69) is 34.4 Å². The number of carbonyl (C=O) groups is 2. The maximum absolute atomic E-state index is 12.3. The fraction of sp³-hybridized carbons (Fsp3) is 0.231. The Balaban J connectivity index is 1.10. The second-order valence-corrected chi connectivity index (χ2v) is 8.25. The first-order chi connectivity index (χ1) is 15.7. The number of hydrogen-bond acceptors (Lipinski definition) is 3. The van der Waals surface area contributed by atoms with Crippen LogP contribution in [0.2, 0.25) is 0 Å². The first-order valence-corrected chi connectivity index (χ1v) is 10.9. The standard InChI is InChI=1S/C26H25N3O3/c30-23(16-32-22-13-7-6-11-19(22)17-8-2-1-3-9-17)28-29-26(31)27-25-21-15-14-18-10-4-5-12-20(18)24(21)25/h1-13,21,24-25H,14-16H2,(H,28,30)(H2,27,29,31). The van der Waals surface area contributed by atoms with Crippen molar-refractivity contribution in [3.63, 3.8) is 0 Å². The maximum Gasteiger partial charge on any atom is 0.333 e. The van der Waals surface area contributed by atoms with Gasteiger partial charge in [-0.15, -0.1) is 0 Å². The molecule has 3 aromatic carbocycles. The molecule has 0 heterocycles. The number of carbonyl (C=O) groups excluding carboxylic acids is 2. The lowest BCUT2D eigenvalue weighted by atomic mass is 9.92. The molecule has 2 aliphatic carbocycles. The summed E-state index contributed by atoms with van der Waals surface area (Å²) in [5.41, 5.74) is 9.48. The Morgan fingerprint density at radius 3 is 2.50 bits per heavy atom. The van der Waals surface area contributed by atoms with Crippen molar-refractivity contribution >= 4 is 11.9 Å². The molecule has 2 aliphatic rings. The highest BCUT2D eigenvalue weighted by Crippen LogP contribution is 2.54. The molecule has 3 atom stereocenters. The normalized spacial score (nSPS) is 20.3. The van der Waals surface area contributed by atoms with Gasteiger partial charge in [-0.05, 0) is 41.5 Å². The number of nitrogens with one attached hydrogen (secondary N) is 3. The smallest absolute Gasteiger partial charge is 0.333 e. The van der Waals surface area contributed by atoms with Gasteiger partial charge in [0.2, 0.25) is 0 Å². The predicted molar refractivity (Wildman–Crippen MR) is 122 cm³/mol. The molecule has 0 aliphatic heterocycles. The highest BCUT2D eigenvalue weighted by atomic mass is 16.5. The molecule has 3 unspecified atom stereocenters. The van der Waals surface area contributed by atoms with E-state index < -0.39 is 11.9 Å². The van der Waals surface area contributed by atoms with E-state index in [1.54, 1.807) is 0 Å².